The van der Waals surface area contributed by atoms with Crippen LogP contribution in [0.4, 0.5) is 0 Å². The Morgan fingerprint density at radius 2 is 1.74 bits per heavy atom. The summed E-state index contributed by atoms with van der Waals surface area (Å²) in [6.45, 7) is 4.14. The first kappa shape index (κ1) is 30.6. The first-order valence-corrected chi connectivity index (χ1v) is 14.5. The van der Waals surface area contributed by atoms with Crippen LogP contribution in [0.3, 0.4) is 0 Å². The number of nitrogens with zero attached hydrogens (tertiary/aromatic N) is 2. The minimum Gasteiger partial charge on any atom is -0.378 e. The molecule has 0 amide bonds. The van der Waals surface area contributed by atoms with Crippen molar-refractivity contribution in [2.75, 3.05) is 66.3 Å². The van der Waals surface area contributed by atoms with Crippen molar-refractivity contribution in [1.29, 1.82) is 0 Å². The summed E-state index contributed by atoms with van der Waals surface area (Å²) in [6, 6.07) is 10.6. The molecule has 3 rings (SSSR count). The van der Waals surface area contributed by atoms with Crippen LogP contribution in [0.15, 0.2) is 46.3 Å². The van der Waals surface area contributed by atoms with Gasteiger partial charge >= 0.3 is 0 Å². The summed E-state index contributed by atoms with van der Waals surface area (Å²) in [6.07, 6.45) is 0. The number of ether oxygens (including phenoxy) is 3. The summed E-state index contributed by atoms with van der Waals surface area (Å²) in [4.78, 5) is 6.16. The Labute approximate surface area is 234 Å². The fraction of sp³-hybridized carbons (Fsp3) is 0.480. The second-order valence-corrected chi connectivity index (χ2v) is 11.4. The van der Waals surface area contributed by atoms with E-state index in [0.29, 0.717) is 56.2 Å². The Morgan fingerprint density at radius 3 is 2.45 bits per heavy atom. The van der Waals surface area contributed by atoms with E-state index in [2.05, 4.69) is 14.6 Å². The zero-order valence-corrected chi connectivity index (χ0v) is 23.7. The lowest BCUT2D eigenvalue weighted by atomic mass is 9.85. The summed E-state index contributed by atoms with van der Waals surface area (Å²) in [5.74, 6) is -0.0185. The molecule has 38 heavy (non-hydrogen) atoms. The van der Waals surface area contributed by atoms with Gasteiger partial charge in [-0.3, -0.25) is 4.99 Å². The van der Waals surface area contributed by atoms with Gasteiger partial charge in [0.05, 0.1) is 51.1 Å². The van der Waals surface area contributed by atoms with Gasteiger partial charge in [-0.2, -0.15) is 0 Å². The van der Waals surface area contributed by atoms with Crippen molar-refractivity contribution in [1.82, 2.24) is 9.62 Å². The molecule has 1 heterocycles. The number of aliphatic imine (C=N–C) groups is 1. The minimum atomic E-state index is -3.71. The number of halogens is 2. The predicted octanol–water partition coefficient (Wildman–Crippen LogP) is 2.17. The molecule has 1 aliphatic rings. The van der Waals surface area contributed by atoms with Gasteiger partial charge in [0.15, 0.2) is 5.96 Å². The third kappa shape index (κ3) is 9.35. The van der Waals surface area contributed by atoms with Crippen LogP contribution in [0.5, 0.6) is 0 Å². The van der Waals surface area contributed by atoms with E-state index in [9.17, 15) is 8.42 Å². The van der Waals surface area contributed by atoms with E-state index in [4.69, 9.17) is 48.9 Å². The highest BCUT2D eigenvalue weighted by Crippen LogP contribution is 2.38. The number of fused-ring (bicyclic) bond motifs is 1. The predicted molar refractivity (Wildman–Crippen MR) is 149 cm³/mol. The van der Waals surface area contributed by atoms with E-state index in [1.165, 1.54) is 0 Å². The van der Waals surface area contributed by atoms with Gasteiger partial charge in [-0.1, -0.05) is 35.3 Å². The molecule has 0 fully saturated rings. The van der Waals surface area contributed by atoms with Crippen molar-refractivity contribution >= 4 is 39.2 Å². The lowest BCUT2D eigenvalue weighted by Crippen LogP contribution is -2.31. The van der Waals surface area contributed by atoms with Gasteiger partial charge in [-0.25, -0.2) is 13.1 Å². The standard InChI is InChI=1S/C25H35Cl2N5O5S/c1-32-16-22(21-14-19(26)15-24(27)23(21)17-32)18-3-2-4-20(13-18)38(33,34)31-6-8-36-10-12-37-11-9-35-7-5-30-25(28)29/h2-4,13-15,22,31H,5-12,16-17H2,1H3,(H4,28,29,30). The Hall–Kier alpha value is -1.96. The monoisotopic (exact) mass is 587 g/mol. The maximum absolute atomic E-state index is 12.9. The summed E-state index contributed by atoms with van der Waals surface area (Å²) in [7, 11) is -1.70. The average molecular weight is 589 g/mol. The molecule has 0 saturated heterocycles. The molecule has 10 nitrogen and oxygen atoms in total. The Bertz CT molecular complexity index is 1190. The first-order valence-electron chi connectivity index (χ1n) is 12.2. The van der Waals surface area contributed by atoms with Crippen LogP contribution < -0.4 is 16.2 Å². The van der Waals surface area contributed by atoms with Crippen molar-refractivity contribution in [3.63, 3.8) is 0 Å². The lowest BCUT2D eigenvalue weighted by molar-refractivity contribution is 0.0172. The number of guanidine groups is 1. The Kier molecular flexibility index (Phi) is 12.1. The quantitative estimate of drug-likeness (QED) is 0.163. The van der Waals surface area contributed by atoms with Crippen LogP contribution >= 0.6 is 23.2 Å². The molecule has 210 valence electrons. The number of hydrogen-bond donors (Lipinski definition) is 3. The molecule has 0 aliphatic carbocycles. The molecule has 5 N–H and O–H groups in total. The van der Waals surface area contributed by atoms with E-state index >= 15 is 0 Å². The van der Waals surface area contributed by atoms with Gasteiger partial charge in [0.1, 0.15) is 0 Å². The van der Waals surface area contributed by atoms with Crippen LogP contribution in [0.2, 0.25) is 10.0 Å². The molecule has 0 aromatic heterocycles. The second-order valence-electron chi connectivity index (χ2n) is 8.82. The fourth-order valence-electron chi connectivity index (χ4n) is 4.14. The van der Waals surface area contributed by atoms with Crippen LogP contribution in [0.25, 0.3) is 0 Å². The van der Waals surface area contributed by atoms with E-state index in [1.54, 1.807) is 24.3 Å². The van der Waals surface area contributed by atoms with Crippen molar-refractivity contribution in [3.05, 3.63) is 63.1 Å². The Balaban J connectivity index is 1.44. The molecule has 2 aromatic rings. The highest BCUT2D eigenvalue weighted by atomic mass is 35.5. The smallest absolute Gasteiger partial charge is 0.240 e. The zero-order valence-electron chi connectivity index (χ0n) is 21.4. The molecule has 0 spiro atoms. The van der Waals surface area contributed by atoms with Crippen molar-refractivity contribution < 1.29 is 22.6 Å². The zero-order chi connectivity index (χ0) is 27.5. The Morgan fingerprint density at radius 1 is 1.05 bits per heavy atom. The highest BCUT2D eigenvalue weighted by Gasteiger charge is 2.28. The molecule has 1 atom stereocenters. The van der Waals surface area contributed by atoms with Crippen molar-refractivity contribution in [3.8, 4) is 0 Å². The number of sulfonamides is 1. The number of nitrogens with two attached hydrogens (primary N) is 2. The molecule has 0 saturated carbocycles. The van der Waals surface area contributed by atoms with Gasteiger partial charge in [-0.15, -0.1) is 0 Å². The molecule has 0 radical (unpaired) electrons. The lowest BCUT2D eigenvalue weighted by Gasteiger charge is -2.33. The minimum absolute atomic E-state index is 0.0351. The van der Waals surface area contributed by atoms with E-state index in [-0.39, 0.29) is 29.9 Å². The SMILES string of the molecule is CN1Cc2c(Cl)cc(Cl)cc2C(c2cccc(S(=O)(=O)NCCOCCOCCOCCN=C(N)N)c2)C1. The van der Waals surface area contributed by atoms with E-state index < -0.39 is 10.0 Å². The fourth-order valence-corrected chi connectivity index (χ4v) is 5.78. The molecule has 1 aliphatic heterocycles. The molecular weight excluding hydrogens is 553 g/mol. The van der Waals surface area contributed by atoms with Gasteiger partial charge < -0.3 is 30.6 Å². The number of nitrogens with one attached hydrogen (secondary N) is 1. The van der Waals surface area contributed by atoms with Crippen molar-refractivity contribution in [2.45, 2.75) is 17.4 Å². The van der Waals surface area contributed by atoms with E-state index in [0.717, 1.165) is 23.2 Å². The summed E-state index contributed by atoms with van der Waals surface area (Å²) < 4.78 is 44.6. The number of likely N-dealkylation sites (N-methyl/N-ethyl adjacent to an activating group) is 1. The molecule has 0 bridgehead atoms. The van der Waals surface area contributed by atoms with Crippen LogP contribution in [-0.4, -0.2) is 85.6 Å². The number of hydrogen-bond acceptors (Lipinski definition) is 7. The maximum Gasteiger partial charge on any atom is 0.240 e. The molecule has 2 aromatic carbocycles. The topological polar surface area (TPSA) is 142 Å². The summed E-state index contributed by atoms with van der Waals surface area (Å²) >= 11 is 12.8. The van der Waals surface area contributed by atoms with Crippen molar-refractivity contribution in [2.24, 2.45) is 16.5 Å². The molecule has 1 unspecified atom stereocenters. The van der Waals surface area contributed by atoms with Gasteiger partial charge in [0, 0.05) is 35.6 Å². The van der Waals surface area contributed by atoms with Crippen LogP contribution in [0, 0.1) is 0 Å². The number of benzene rings is 2. The van der Waals surface area contributed by atoms with Crippen LogP contribution in [-0.2, 0) is 30.8 Å². The van der Waals surface area contributed by atoms with E-state index in [1.807, 2.05) is 19.2 Å². The summed E-state index contributed by atoms with van der Waals surface area (Å²) in [5.41, 5.74) is 13.4. The van der Waals surface area contributed by atoms with Gasteiger partial charge in [0.2, 0.25) is 10.0 Å². The largest absolute Gasteiger partial charge is 0.378 e. The van der Waals surface area contributed by atoms with Gasteiger partial charge in [0.25, 0.3) is 0 Å². The third-order valence-corrected chi connectivity index (χ3v) is 7.89. The normalized spacial score (nSPS) is 15.8. The highest BCUT2D eigenvalue weighted by molar-refractivity contribution is 7.89. The molecular formula is C25H35Cl2N5O5S. The second kappa shape index (κ2) is 15.0. The van der Waals surface area contributed by atoms with Crippen LogP contribution in [0.1, 0.15) is 22.6 Å². The third-order valence-electron chi connectivity index (χ3n) is 5.88. The average Bonchev–Trinajstić information content (AvgIpc) is 2.87. The first-order chi connectivity index (χ1) is 18.2. The van der Waals surface area contributed by atoms with Gasteiger partial charge in [-0.05, 0) is 48.0 Å². The maximum atomic E-state index is 12.9. The molecule has 13 heteroatoms. The summed E-state index contributed by atoms with van der Waals surface area (Å²) in [5, 5.41) is 1.18. The number of rotatable bonds is 15.